The molecular formula is C17H17NOS. The van der Waals surface area contributed by atoms with Crippen molar-refractivity contribution in [2.45, 2.75) is 29.4 Å². The van der Waals surface area contributed by atoms with Gasteiger partial charge < -0.3 is 10.1 Å². The van der Waals surface area contributed by atoms with Crippen molar-refractivity contribution in [2.75, 3.05) is 0 Å². The average Bonchev–Trinajstić information content (AvgIpc) is 2.89. The van der Waals surface area contributed by atoms with Crippen LogP contribution in [0.25, 0.3) is 10.9 Å². The lowest BCUT2D eigenvalue weighted by Gasteiger charge is -2.08. The van der Waals surface area contributed by atoms with Gasteiger partial charge in [-0.2, -0.15) is 0 Å². The van der Waals surface area contributed by atoms with Crippen molar-refractivity contribution >= 4 is 22.7 Å². The minimum absolute atomic E-state index is 0.359. The topological polar surface area (TPSA) is 36.0 Å². The Morgan fingerprint density at radius 2 is 1.85 bits per heavy atom. The fourth-order valence-electron chi connectivity index (χ4n) is 2.22. The van der Waals surface area contributed by atoms with Crippen molar-refractivity contribution in [3.63, 3.8) is 0 Å². The summed E-state index contributed by atoms with van der Waals surface area (Å²) in [5, 5.41) is 12.2. The Morgan fingerprint density at radius 1 is 1.10 bits per heavy atom. The second-order valence-electron chi connectivity index (χ2n) is 4.82. The largest absolute Gasteiger partial charge is 0.388 e. The second kappa shape index (κ2) is 5.73. The maximum Gasteiger partial charge on any atom is 0.0787 e. The summed E-state index contributed by atoms with van der Waals surface area (Å²) in [6.07, 6.45) is 0.385. The zero-order chi connectivity index (χ0) is 13.9. The van der Waals surface area contributed by atoms with Gasteiger partial charge in [-0.3, -0.25) is 0 Å². The predicted molar refractivity (Wildman–Crippen MR) is 84.1 cm³/mol. The number of aliphatic hydroxyl groups excluding tert-OH is 1. The Labute approximate surface area is 122 Å². The van der Waals surface area contributed by atoms with Crippen molar-refractivity contribution < 1.29 is 5.11 Å². The third-order valence-electron chi connectivity index (χ3n) is 3.38. The maximum atomic E-state index is 9.79. The van der Waals surface area contributed by atoms with E-state index in [4.69, 9.17) is 0 Å². The number of benzene rings is 2. The molecule has 0 aliphatic carbocycles. The Kier molecular flexibility index (Phi) is 3.81. The highest BCUT2D eigenvalue weighted by molar-refractivity contribution is 7.99. The van der Waals surface area contributed by atoms with Gasteiger partial charge in [0.25, 0.3) is 0 Å². The Hall–Kier alpha value is -1.71. The van der Waals surface area contributed by atoms with Crippen LogP contribution in [0.5, 0.6) is 0 Å². The maximum absolute atomic E-state index is 9.79. The first-order valence-corrected chi connectivity index (χ1v) is 7.61. The normalized spacial score (nSPS) is 12.7. The molecule has 1 heterocycles. The van der Waals surface area contributed by atoms with E-state index < -0.39 is 0 Å². The number of aromatic nitrogens is 1. The van der Waals surface area contributed by atoms with Gasteiger partial charge in [0.2, 0.25) is 0 Å². The highest BCUT2D eigenvalue weighted by Gasteiger charge is 2.06. The lowest BCUT2D eigenvalue weighted by molar-refractivity contribution is 0.173. The molecule has 20 heavy (non-hydrogen) atoms. The van der Waals surface area contributed by atoms with Crippen LogP contribution in [0, 0.1) is 0 Å². The number of H-pyrrole nitrogens is 1. The number of hydrogen-bond acceptors (Lipinski definition) is 2. The van der Waals surface area contributed by atoms with E-state index in [0.29, 0.717) is 0 Å². The summed E-state index contributed by atoms with van der Waals surface area (Å²) in [6, 6.07) is 18.6. The van der Waals surface area contributed by atoms with Crippen LogP contribution in [0.4, 0.5) is 0 Å². The molecule has 0 fully saturated rings. The molecule has 3 aromatic rings. The molecule has 0 unspecified atom stereocenters. The highest BCUT2D eigenvalue weighted by atomic mass is 32.2. The van der Waals surface area contributed by atoms with Gasteiger partial charge in [-0.15, -0.1) is 0 Å². The molecule has 1 aromatic heterocycles. The molecule has 0 saturated carbocycles. The van der Waals surface area contributed by atoms with Gasteiger partial charge in [-0.1, -0.05) is 49.0 Å². The van der Waals surface area contributed by atoms with Crippen molar-refractivity contribution in [3.05, 3.63) is 60.2 Å². The first kappa shape index (κ1) is 13.3. The van der Waals surface area contributed by atoms with E-state index in [1.165, 1.54) is 10.3 Å². The summed E-state index contributed by atoms with van der Waals surface area (Å²) < 4.78 is 0. The van der Waals surface area contributed by atoms with Crippen LogP contribution in [0.3, 0.4) is 0 Å². The molecule has 102 valence electrons. The van der Waals surface area contributed by atoms with E-state index in [2.05, 4.69) is 35.3 Å². The zero-order valence-corrected chi connectivity index (χ0v) is 12.2. The molecule has 3 heteroatoms. The predicted octanol–water partition coefficient (Wildman–Crippen LogP) is 4.76. The minimum atomic E-state index is -0.359. The van der Waals surface area contributed by atoms with Gasteiger partial charge in [0.15, 0.2) is 0 Å². The molecule has 0 aliphatic rings. The number of aromatic amines is 1. The fourth-order valence-corrected chi connectivity index (χ4v) is 3.10. The number of rotatable bonds is 4. The molecule has 1 atom stereocenters. The fraction of sp³-hybridized carbons (Fsp3) is 0.176. The number of nitrogens with one attached hydrogen (secondary N) is 1. The van der Waals surface area contributed by atoms with Crippen molar-refractivity contribution in [2.24, 2.45) is 0 Å². The number of fused-ring (bicyclic) bond motifs is 1. The number of para-hydroxylation sites is 1. The van der Waals surface area contributed by atoms with Crippen LogP contribution in [-0.2, 0) is 0 Å². The molecule has 0 radical (unpaired) electrons. The quantitative estimate of drug-likeness (QED) is 0.724. The van der Waals surface area contributed by atoms with Crippen molar-refractivity contribution in [1.82, 2.24) is 4.98 Å². The summed E-state index contributed by atoms with van der Waals surface area (Å²) in [5.74, 6) is 0. The van der Waals surface area contributed by atoms with Gasteiger partial charge in [-0.05, 0) is 36.2 Å². The van der Waals surface area contributed by atoms with Crippen LogP contribution < -0.4 is 0 Å². The monoisotopic (exact) mass is 283 g/mol. The van der Waals surface area contributed by atoms with Crippen molar-refractivity contribution in [1.29, 1.82) is 0 Å². The third kappa shape index (κ3) is 2.74. The summed E-state index contributed by atoms with van der Waals surface area (Å²) >= 11 is 1.70. The molecule has 2 N–H and O–H groups in total. The van der Waals surface area contributed by atoms with E-state index in [0.717, 1.165) is 22.5 Å². The molecule has 2 aromatic carbocycles. The van der Waals surface area contributed by atoms with Gasteiger partial charge in [0.1, 0.15) is 0 Å². The molecular weight excluding hydrogens is 266 g/mol. The lowest BCUT2D eigenvalue weighted by atomic mass is 10.1. The van der Waals surface area contributed by atoms with Crippen LogP contribution >= 0.6 is 11.8 Å². The zero-order valence-electron chi connectivity index (χ0n) is 11.3. The first-order chi connectivity index (χ1) is 9.76. The van der Waals surface area contributed by atoms with Crippen molar-refractivity contribution in [3.8, 4) is 0 Å². The molecule has 0 spiro atoms. The van der Waals surface area contributed by atoms with E-state index in [-0.39, 0.29) is 6.10 Å². The minimum Gasteiger partial charge on any atom is -0.388 e. The average molecular weight is 283 g/mol. The SMILES string of the molecule is CC[C@@H](O)c1ccc(Sc2cc3ccccc3[nH]2)cc1. The van der Waals surface area contributed by atoms with E-state index in [1.54, 1.807) is 11.8 Å². The first-order valence-electron chi connectivity index (χ1n) is 6.80. The lowest BCUT2D eigenvalue weighted by Crippen LogP contribution is -1.93. The smallest absolute Gasteiger partial charge is 0.0787 e. The molecule has 2 nitrogen and oxygen atoms in total. The molecule has 3 rings (SSSR count). The second-order valence-corrected chi connectivity index (χ2v) is 5.93. The molecule has 0 saturated heterocycles. The summed E-state index contributed by atoms with van der Waals surface area (Å²) in [7, 11) is 0. The Bertz CT molecular complexity index is 669. The Balaban J connectivity index is 1.80. The van der Waals surface area contributed by atoms with E-state index >= 15 is 0 Å². The van der Waals surface area contributed by atoms with Crippen LogP contribution in [0.1, 0.15) is 25.0 Å². The highest BCUT2D eigenvalue weighted by Crippen LogP contribution is 2.30. The molecule has 0 aliphatic heterocycles. The Morgan fingerprint density at radius 3 is 2.55 bits per heavy atom. The third-order valence-corrected chi connectivity index (χ3v) is 4.33. The van der Waals surface area contributed by atoms with Crippen LogP contribution in [0.15, 0.2) is 64.5 Å². The number of aliphatic hydroxyl groups is 1. The van der Waals surface area contributed by atoms with Crippen LogP contribution in [0.2, 0.25) is 0 Å². The van der Waals surface area contributed by atoms with E-state index in [9.17, 15) is 5.11 Å². The molecule has 0 amide bonds. The van der Waals surface area contributed by atoms with Gasteiger partial charge in [-0.25, -0.2) is 0 Å². The molecule has 0 bridgehead atoms. The van der Waals surface area contributed by atoms with Gasteiger partial charge in [0.05, 0.1) is 11.1 Å². The van der Waals surface area contributed by atoms with E-state index in [1.807, 2.05) is 31.2 Å². The summed E-state index contributed by atoms with van der Waals surface area (Å²) in [4.78, 5) is 4.58. The van der Waals surface area contributed by atoms with Gasteiger partial charge >= 0.3 is 0 Å². The standard InChI is InChI=1S/C17H17NOS/c1-2-16(19)12-7-9-14(10-8-12)20-17-11-13-5-3-4-6-15(13)18-17/h3-11,16,18-19H,2H2,1H3/t16-/m1/s1. The van der Waals surface area contributed by atoms with Gasteiger partial charge in [0, 0.05) is 15.8 Å². The summed E-state index contributed by atoms with van der Waals surface area (Å²) in [5.41, 5.74) is 2.14. The number of hydrogen-bond donors (Lipinski definition) is 2. The summed E-state index contributed by atoms with van der Waals surface area (Å²) in [6.45, 7) is 1.98. The van der Waals surface area contributed by atoms with Crippen LogP contribution in [-0.4, -0.2) is 10.1 Å².